The molecule has 1 N–H and O–H groups in total. The van der Waals surface area contributed by atoms with Gasteiger partial charge < -0.3 is 9.84 Å². The van der Waals surface area contributed by atoms with E-state index in [1.807, 2.05) is 30.3 Å². The third kappa shape index (κ3) is 2.16. The fourth-order valence-corrected chi connectivity index (χ4v) is 2.68. The first-order chi connectivity index (χ1) is 11.8. The van der Waals surface area contributed by atoms with Gasteiger partial charge >= 0.3 is 0 Å². The Hall–Kier alpha value is -3.41. The second-order valence-corrected chi connectivity index (χ2v) is 5.18. The molecule has 0 atom stereocenters. The van der Waals surface area contributed by atoms with E-state index in [-0.39, 0.29) is 5.75 Å². The lowest BCUT2D eigenvalue weighted by Gasteiger charge is -2.04. The van der Waals surface area contributed by atoms with Gasteiger partial charge in [0.1, 0.15) is 22.9 Å². The molecule has 3 heterocycles. The molecule has 0 saturated carbocycles. The maximum Gasteiger partial charge on any atom is 0.165 e. The van der Waals surface area contributed by atoms with Gasteiger partial charge in [0, 0.05) is 12.4 Å². The van der Waals surface area contributed by atoms with E-state index in [2.05, 4.69) is 10.1 Å². The van der Waals surface area contributed by atoms with Crippen LogP contribution in [0.1, 0.15) is 0 Å². The van der Waals surface area contributed by atoms with Crippen LogP contribution in [0.2, 0.25) is 0 Å². The summed E-state index contributed by atoms with van der Waals surface area (Å²) in [6, 6.07) is 14.4. The standard InChI is InChI=1S/C18H14N4O2/c1-24-15-9-5-10-19-17(15)16-13-7-4-11-20-22(13)18(21-16)12-6-2-3-8-14(12)23/h2-11,23H,1H3. The van der Waals surface area contributed by atoms with Crippen molar-refractivity contribution in [1.82, 2.24) is 19.6 Å². The number of fused-ring (bicyclic) bond motifs is 1. The molecule has 0 aliphatic rings. The Morgan fingerprint density at radius 1 is 0.958 bits per heavy atom. The summed E-state index contributed by atoms with van der Waals surface area (Å²) in [5.41, 5.74) is 2.67. The quantitative estimate of drug-likeness (QED) is 0.628. The first-order valence-electron chi connectivity index (χ1n) is 7.41. The lowest BCUT2D eigenvalue weighted by Crippen LogP contribution is -1.93. The molecule has 24 heavy (non-hydrogen) atoms. The fourth-order valence-electron chi connectivity index (χ4n) is 2.68. The van der Waals surface area contributed by atoms with Crippen LogP contribution in [0.5, 0.6) is 11.5 Å². The SMILES string of the molecule is COc1cccnc1-c1nc(-c2ccccc2O)n2ncccc12. The maximum atomic E-state index is 10.2. The molecule has 0 fully saturated rings. The minimum Gasteiger partial charge on any atom is -0.507 e. The average molecular weight is 318 g/mol. The van der Waals surface area contributed by atoms with Gasteiger partial charge in [-0.3, -0.25) is 4.98 Å². The van der Waals surface area contributed by atoms with E-state index in [4.69, 9.17) is 9.72 Å². The average Bonchev–Trinajstić information content (AvgIpc) is 3.01. The number of ether oxygens (including phenoxy) is 1. The molecule has 1 aromatic carbocycles. The van der Waals surface area contributed by atoms with Gasteiger partial charge in [0.15, 0.2) is 5.82 Å². The number of aromatic hydroxyl groups is 1. The molecule has 0 aliphatic heterocycles. The monoisotopic (exact) mass is 318 g/mol. The second kappa shape index (κ2) is 5.66. The van der Waals surface area contributed by atoms with Crippen molar-refractivity contribution in [2.45, 2.75) is 0 Å². The van der Waals surface area contributed by atoms with Crippen molar-refractivity contribution >= 4 is 5.52 Å². The molecule has 4 rings (SSSR count). The number of nitrogens with zero attached hydrogens (tertiary/aromatic N) is 4. The van der Waals surface area contributed by atoms with Gasteiger partial charge in [-0.2, -0.15) is 5.10 Å². The molecule has 6 heteroatoms. The molecule has 0 aliphatic carbocycles. The molecular formula is C18H14N4O2. The highest BCUT2D eigenvalue weighted by molar-refractivity contribution is 5.82. The minimum atomic E-state index is 0.148. The summed E-state index contributed by atoms with van der Waals surface area (Å²) in [5.74, 6) is 1.33. The van der Waals surface area contributed by atoms with Crippen LogP contribution < -0.4 is 4.74 Å². The molecule has 6 nitrogen and oxygen atoms in total. The van der Waals surface area contributed by atoms with Crippen LogP contribution >= 0.6 is 0 Å². The molecule has 3 aromatic heterocycles. The second-order valence-electron chi connectivity index (χ2n) is 5.18. The van der Waals surface area contributed by atoms with Gasteiger partial charge in [0.2, 0.25) is 0 Å². The Morgan fingerprint density at radius 3 is 2.62 bits per heavy atom. The summed E-state index contributed by atoms with van der Waals surface area (Å²) in [5, 5.41) is 14.6. The summed E-state index contributed by atoms with van der Waals surface area (Å²) < 4.78 is 7.10. The smallest absolute Gasteiger partial charge is 0.165 e. The van der Waals surface area contributed by atoms with Crippen molar-refractivity contribution in [3.05, 3.63) is 60.9 Å². The van der Waals surface area contributed by atoms with E-state index in [1.165, 1.54) is 0 Å². The number of hydrogen-bond donors (Lipinski definition) is 1. The number of imidazole rings is 1. The van der Waals surface area contributed by atoms with Crippen molar-refractivity contribution in [1.29, 1.82) is 0 Å². The summed E-state index contributed by atoms with van der Waals surface area (Å²) in [7, 11) is 1.60. The van der Waals surface area contributed by atoms with E-state index in [1.54, 1.807) is 42.2 Å². The number of hydrogen-bond acceptors (Lipinski definition) is 5. The van der Waals surface area contributed by atoms with E-state index < -0.39 is 0 Å². The Kier molecular flexibility index (Phi) is 3.35. The van der Waals surface area contributed by atoms with Crippen LogP contribution in [-0.4, -0.2) is 31.8 Å². The lowest BCUT2D eigenvalue weighted by atomic mass is 10.2. The number of methoxy groups -OCH3 is 1. The van der Waals surface area contributed by atoms with E-state index in [9.17, 15) is 5.11 Å². The van der Waals surface area contributed by atoms with Crippen molar-refractivity contribution < 1.29 is 9.84 Å². The van der Waals surface area contributed by atoms with Crippen LogP contribution in [-0.2, 0) is 0 Å². The Balaban J connectivity index is 2.04. The van der Waals surface area contributed by atoms with Crippen LogP contribution in [0, 0.1) is 0 Å². The molecule has 118 valence electrons. The molecule has 0 radical (unpaired) electrons. The highest BCUT2D eigenvalue weighted by Gasteiger charge is 2.20. The number of pyridine rings is 1. The Bertz CT molecular complexity index is 1030. The summed E-state index contributed by atoms with van der Waals surface area (Å²) in [4.78, 5) is 9.11. The zero-order valence-corrected chi connectivity index (χ0v) is 12.9. The van der Waals surface area contributed by atoms with Crippen molar-refractivity contribution in [3.63, 3.8) is 0 Å². The normalized spacial score (nSPS) is 10.9. The molecule has 0 unspecified atom stereocenters. The van der Waals surface area contributed by atoms with Crippen LogP contribution in [0.25, 0.3) is 28.3 Å². The van der Waals surface area contributed by atoms with Gasteiger partial charge in [-0.1, -0.05) is 12.1 Å². The third-order valence-corrected chi connectivity index (χ3v) is 3.77. The highest BCUT2D eigenvalue weighted by atomic mass is 16.5. The lowest BCUT2D eigenvalue weighted by molar-refractivity contribution is 0.414. The van der Waals surface area contributed by atoms with Gasteiger partial charge in [-0.05, 0) is 36.4 Å². The van der Waals surface area contributed by atoms with Gasteiger partial charge in [-0.25, -0.2) is 9.50 Å². The molecule has 0 saturated heterocycles. The van der Waals surface area contributed by atoms with Gasteiger partial charge in [-0.15, -0.1) is 0 Å². The molecule has 0 spiro atoms. The van der Waals surface area contributed by atoms with Gasteiger partial charge in [0.25, 0.3) is 0 Å². The first kappa shape index (κ1) is 14.2. The summed E-state index contributed by atoms with van der Waals surface area (Å²) in [6.07, 6.45) is 3.37. The van der Waals surface area contributed by atoms with Crippen molar-refractivity contribution in [2.75, 3.05) is 7.11 Å². The minimum absolute atomic E-state index is 0.148. The number of phenolic OH excluding ortho intramolecular Hbond substituents is 1. The van der Waals surface area contributed by atoms with Gasteiger partial charge in [0.05, 0.1) is 18.2 Å². The predicted molar refractivity (Wildman–Crippen MR) is 89.9 cm³/mol. The highest BCUT2D eigenvalue weighted by Crippen LogP contribution is 2.35. The third-order valence-electron chi connectivity index (χ3n) is 3.77. The van der Waals surface area contributed by atoms with Crippen molar-refractivity contribution in [3.8, 4) is 34.3 Å². The number of para-hydroxylation sites is 1. The molecule has 0 bridgehead atoms. The summed E-state index contributed by atoms with van der Waals surface area (Å²) in [6.45, 7) is 0. The fraction of sp³-hybridized carbons (Fsp3) is 0.0556. The van der Waals surface area contributed by atoms with Crippen LogP contribution in [0.4, 0.5) is 0 Å². The molecule has 0 amide bonds. The van der Waals surface area contributed by atoms with Crippen LogP contribution in [0.15, 0.2) is 60.9 Å². The zero-order chi connectivity index (χ0) is 16.5. The number of rotatable bonds is 3. The largest absolute Gasteiger partial charge is 0.507 e. The summed E-state index contributed by atoms with van der Waals surface area (Å²) >= 11 is 0. The van der Waals surface area contributed by atoms with E-state index >= 15 is 0 Å². The predicted octanol–water partition coefficient (Wildman–Crippen LogP) is 3.17. The van der Waals surface area contributed by atoms with Crippen LogP contribution in [0.3, 0.4) is 0 Å². The molecule has 4 aromatic rings. The maximum absolute atomic E-state index is 10.2. The van der Waals surface area contributed by atoms with E-state index in [0.717, 1.165) is 5.52 Å². The van der Waals surface area contributed by atoms with E-state index in [0.29, 0.717) is 28.5 Å². The topological polar surface area (TPSA) is 72.5 Å². The number of aromatic nitrogens is 4. The van der Waals surface area contributed by atoms with Crippen molar-refractivity contribution in [2.24, 2.45) is 0 Å². The molecular weight excluding hydrogens is 304 g/mol. The Labute approximate surface area is 138 Å². The zero-order valence-electron chi connectivity index (χ0n) is 12.9. The first-order valence-corrected chi connectivity index (χ1v) is 7.41. The number of phenols is 1. The number of benzene rings is 1. The Morgan fingerprint density at radius 2 is 1.79 bits per heavy atom.